The molecule has 6 nitrogen and oxygen atoms in total. The Kier molecular flexibility index (Phi) is 4.97. The zero-order valence-corrected chi connectivity index (χ0v) is 13.4. The van der Waals surface area contributed by atoms with E-state index in [0.29, 0.717) is 26.2 Å². The molecule has 2 heterocycles. The zero-order chi connectivity index (χ0) is 17.8. The average molecular weight is 349 g/mol. The summed E-state index contributed by atoms with van der Waals surface area (Å²) in [5.41, 5.74) is 0.0707. The second-order valence-electron chi connectivity index (χ2n) is 5.63. The fourth-order valence-electron chi connectivity index (χ4n) is 2.63. The Labute approximate surface area is 143 Å². The molecule has 1 fully saturated rings. The van der Waals surface area contributed by atoms with Crippen LogP contribution in [0.4, 0.5) is 14.5 Å². The second-order valence-corrected chi connectivity index (χ2v) is 5.63. The topological polar surface area (TPSA) is 65.8 Å². The predicted octanol–water partition coefficient (Wildman–Crippen LogP) is 1.95. The van der Waals surface area contributed by atoms with Crippen molar-refractivity contribution in [2.45, 2.75) is 0 Å². The number of carbonyl (C=O) groups excluding carboxylic acids is 2. The van der Waals surface area contributed by atoms with Crippen LogP contribution < -0.4 is 5.32 Å². The molecule has 25 heavy (non-hydrogen) atoms. The highest BCUT2D eigenvalue weighted by Gasteiger charge is 2.25. The lowest BCUT2D eigenvalue weighted by Gasteiger charge is -2.34. The molecule has 1 aliphatic rings. The lowest BCUT2D eigenvalue weighted by Crippen LogP contribution is -2.51. The molecule has 0 radical (unpaired) electrons. The number of nitrogens with zero attached hydrogens (tertiary/aromatic N) is 2. The van der Waals surface area contributed by atoms with Crippen LogP contribution in [0.25, 0.3) is 0 Å². The quantitative estimate of drug-likeness (QED) is 0.916. The standard InChI is InChI=1S/C17H17F2N3O3/c18-12-3-4-14(13(19)10-12)20-11-16(23)21-5-7-22(8-6-21)17(24)15-2-1-9-25-15/h1-4,9-10,20H,5-8,11H2. The van der Waals surface area contributed by atoms with Crippen molar-refractivity contribution in [2.75, 3.05) is 38.0 Å². The van der Waals surface area contributed by atoms with E-state index in [9.17, 15) is 18.4 Å². The third-order valence-electron chi connectivity index (χ3n) is 4.01. The second kappa shape index (κ2) is 7.33. The Hall–Kier alpha value is -2.90. The van der Waals surface area contributed by atoms with E-state index in [1.807, 2.05) is 0 Å². The summed E-state index contributed by atoms with van der Waals surface area (Å²) in [5, 5.41) is 2.67. The lowest BCUT2D eigenvalue weighted by molar-refractivity contribution is -0.130. The van der Waals surface area contributed by atoms with Crippen LogP contribution in [0, 0.1) is 11.6 Å². The largest absolute Gasteiger partial charge is 0.459 e. The van der Waals surface area contributed by atoms with Crippen LogP contribution in [-0.4, -0.2) is 54.3 Å². The molecule has 0 atom stereocenters. The Morgan fingerprint density at radius 2 is 1.80 bits per heavy atom. The van der Waals surface area contributed by atoms with Crippen molar-refractivity contribution in [1.82, 2.24) is 9.80 Å². The summed E-state index contributed by atoms with van der Waals surface area (Å²) >= 11 is 0. The van der Waals surface area contributed by atoms with Gasteiger partial charge in [-0.25, -0.2) is 8.78 Å². The third-order valence-corrected chi connectivity index (χ3v) is 4.01. The molecule has 2 aromatic rings. The van der Waals surface area contributed by atoms with E-state index < -0.39 is 11.6 Å². The first-order valence-electron chi connectivity index (χ1n) is 7.84. The summed E-state index contributed by atoms with van der Waals surface area (Å²) in [6.07, 6.45) is 1.44. The van der Waals surface area contributed by atoms with Crippen LogP contribution in [0.1, 0.15) is 10.6 Å². The molecule has 0 spiro atoms. The highest BCUT2D eigenvalue weighted by Crippen LogP contribution is 2.15. The predicted molar refractivity (Wildman–Crippen MR) is 86.0 cm³/mol. The van der Waals surface area contributed by atoms with E-state index in [1.165, 1.54) is 12.3 Å². The molecule has 0 bridgehead atoms. The molecule has 1 aromatic heterocycles. The Morgan fingerprint density at radius 3 is 2.44 bits per heavy atom. The minimum Gasteiger partial charge on any atom is -0.459 e. The molecule has 0 unspecified atom stereocenters. The van der Waals surface area contributed by atoms with E-state index in [0.717, 1.165) is 12.1 Å². The fraction of sp³-hybridized carbons (Fsp3) is 0.294. The number of nitrogens with one attached hydrogen (secondary N) is 1. The van der Waals surface area contributed by atoms with Gasteiger partial charge in [0.15, 0.2) is 5.76 Å². The van der Waals surface area contributed by atoms with Gasteiger partial charge in [0.2, 0.25) is 5.91 Å². The van der Waals surface area contributed by atoms with E-state index in [4.69, 9.17) is 4.42 Å². The van der Waals surface area contributed by atoms with Gasteiger partial charge in [0.1, 0.15) is 11.6 Å². The Morgan fingerprint density at radius 1 is 1.08 bits per heavy atom. The van der Waals surface area contributed by atoms with E-state index in [1.54, 1.807) is 21.9 Å². The highest BCUT2D eigenvalue weighted by atomic mass is 19.1. The van der Waals surface area contributed by atoms with Gasteiger partial charge < -0.3 is 19.5 Å². The van der Waals surface area contributed by atoms with Crippen molar-refractivity contribution in [2.24, 2.45) is 0 Å². The molecular formula is C17H17F2N3O3. The van der Waals surface area contributed by atoms with Crippen LogP contribution in [0.15, 0.2) is 41.0 Å². The van der Waals surface area contributed by atoms with Crippen molar-refractivity contribution in [1.29, 1.82) is 0 Å². The SMILES string of the molecule is O=C(CNc1ccc(F)cc1F)N1CCN(C(=O)c2ccco2)CC1. The third kappa shape index (κ3) is 3.96. The summed E-state index contributed by atoms with van der Waals surface area (Å²) in [4.78, 5) is 27.6. The van der Waals surface area contributed by atoms with E-state index in [2.05, 4.69) is 5.32 Å². The van der Waals surface area contributed by atoms with Gasteiger partial charge in [-0.2, -0.15) is 0 Å². The molecule has 1 saturated heterocycles. The normalized spacial score (nSPS) is 14.5. The number of hydrogen-bond donors (Lipinski definition) is 1. The number of anilines is 1. The van der Waals surface area contributed by atoms with Crippen LogP contribution in [0.2, 0.25) is 0 Å². The maximum Gasteiger partial charge on any atom is 0.289 e. The van der Waals surface area contributed by atoms with Gasteiger partial charge in [-0.15, -0.1) is 0 Å². The number of hydrogen-bond acceptors (Lipinski definition) is 4. The fourth-order valence-corrected chi connectivity index (χ4v) is 2.63. The molecular weight excluding hydrogens is 332 g/mol. The van der Waals surface area contributed by atoms with Gasteiger partial charge in [0, 0.05) is 32.2 Å². The molecule has 1 aliphatic heterocycles. The van der Waals surface area contributed by atoms with Gasteiger partial charge in [0.05, 0.1) is 18.5 Å². The van der Waals surface area contributed by atoms with E-state index >= 15 is 0 Å². The molecule has 0 aliphatic carbocycles. The van der Waals surface area contributed by atoms with Gasteiger partial charge >= 0.3 is 0 Å². The van der Waals surface area contributed by atoms with Crippen molar-refractivity contribution in [3.63, 3.8) is 0 Å². The first kappa shape index (κ1) is 16.9. The molecule has 2 amide bonds. The Balaban J connectivity index is 1.49. The number of piperazine rings is 1. The van der Waals surface area contributed by atoms with Crippen LogP contribution >= 0.6 is 0 Å². The van der Waals surface area contributed by atoms with Crippen molar-refractivity contribution < 1.29 is 22.8 Å². The van der Waals surface area contributed by atoms with Gasteiger partial charge in [-0.1, -0.05) is 0 Å². The summed E-state index contributed by atoms with van der Waals surface area (Å²) in [7, 11) is 0. The van der Waals surface area contributed by atoms with Gasteiger partial charge in [-0.05, 0) is 24.3 Å². The van der Waals surface area contributed by atoms with Crippen molar-refractivity contribution >= 4 is 17.5 Å². The number of furan rings is 1. The van der Waals surface area contributed by atoms with Crippen molar-refractivity contribution in [3.8, 4) is 0 Å². The monoisotopic (exact) mass is 349 g/mol. The number of carbonyl (C=O) groups is 2. The van der Waals surface area contributed by atoms with E-state index in [-0.39, 0.29) is 29.8 Å². The lowest BCUT2D eigenvalue weighted by atomic mass is 10.2. The minimum absolute atomic E-state index is 0.0707. The number of amides is 2. The molecule has 3 rings (SSSR count). The highest BCUT2D eigenvalue weighted by molar-refractivity contribution is 5.91. The Bertz CT molecular complexity index is 757. The number of rotatable bonds is 4. The smallest absolute Gasteiger partial charge is 0.289 e. The minimum atomic E-state index is -0.748. The summed E-state index contributed by atoms with van der Waals surface area (Å²) in [6.45, 7) is 1.47. The maximum atomic E-state index is 13.5. The maximum absolute atomic E-state index is 13.5. The van der Waals surface area contributed by atoms with Crippen LogP contribution in [0.5, 0.6) is 0 Å². The van der Waals surface area contributed by atoms with Gasteiger partial charge in [-0.3, -0.25) is 9.59 Å². The molecule has 0 saturated carbocycles. The molecule has 1 N–H and O–H groups in total. The number of benzene rings is 1. The van der Waals surface area contributed by atoms with Gasteiger partial charge in [0.25, 0.3) is 5.91 Å². The van der Waals surface area contributed by atoms with Crippen LogP contribution in [0.3, 0.4) is 0 Å². The first-order valence-corrected chi connectivity index (χ1v) is 7.84. The summed E-state index contributed by atoms with van der Waals surface area (Å²) in [6, 6.07) is 6.37. The van der Waals surface area contributed by atoms with Crippen LogP contribution in [-0.2, 0) is 4.79 Å². The molecule has 132 valence electrons. The first-order chi connectivity index (χ1) is 12.0. The average Bonchev–Trinajstić information content (AvgIpc) is 3.15. The number of halogens is 2. The molecule has 8 heteroatoms. The van der Waals surface area contributed by atoms with Crippen molar-refractivity contribution in [3.05, 3.63) is 54.0 Å². The summed E-state index contributed by atoms with van der Waals surface area (Å²) < 4.78 is 31.5. The summed E-state index contributed by atoms with van der Waals surface area (Å²) in [5.74, 6) is -1.57. The molecule has 1 aromatic carbocycles. The zero-order valence-electron chi connectivity index (χ0n) is 13.4.